The summed E-state index contributed by atoms with van der Waals surface area (Å²) in [5.74, 6) is -0.195. The average Bonchev–Trinajstić information content (AvgIpc) is 2.60. The highest BCUT2D eigenvalue weighted by Gasteiger charge is 2.06. The van der Waals surface area contributed by atoms with Crippen molar-refractivity contribution in [2.45, 2.75) is 6.42 Å². The maximum absolute atomic E-state index is 10.9. The zero-order chi connectivity index (χ0) is 10.6. The highest BCUT2D eigenvalue weighted by Crippen LogP contribution is 2.28. The first-order valence-corrected chi connectivity index (χ1v) is 5.36. The first kappa shape index (κ1) is 11.3. The van der Waals surface area contributed by atoms with Crippen LogP contribution in [0.2, 0.25) is 4.34 Å². The van der Waals surface area contributed by atoms with E-state index in [2.05, 4.69) is 4.74 Å². The number of rotatable bonds is 4. The van der Waals surface area contributed by atoms with Gasteiger partial charge >= 0.3 is 5.97 Å². The molecule has 0 N–H and O–H groups in total. The van der Waals surface area contributed by atoms with Gasteiger partial charge in [-0.1, -0.05) is 11.6 Å². The average molecular weight is 234 g/mol. The molecule has 0 radical (unpaired) electrons. The third-order valence-corrected chi connectivity index (χ3v) is 3.16. The second-order valence-corrected chi connectivity index (χ2v) is 4.52. The monoisotopic (exact) mass is 233 g/mol. The number of thiophene rings is 1. The van der Waals surface area contributed by atoms with Crippen LogP contribution < -0.4 is 4.90 Å². The van der Waals surface area contributed by atoms with E-state index in [1.807, 2.05) is 24.1 Å². The Hall–Kier alpha value is -0.740. The first-order chi connectivity index (χ1) is 6.63. The molecule has 0 saturated carbocycles. The Morgan fingerprint density at radius 3 is 2.86 bits per heavy atom. The van der Waals surface area contributed by atoms with Gasteiger partial charge in [0.15, 0.2) is 0 Å². The normalized spacial score (nSPS) is 9.93. The predicted molar refractivity (Wildman–Crippen MR) is 59.2 cm³/mol. The van der Waals surface area contributed by atoms with Gasteiger partial charge < -0.3 is 9.64 Å². The number of nitrogens with zero attached hydrogens (tertiary/aromatic N) is 1. The fourth-order valence-corrected chi connectivity index (χ4v) is 2.00. The molecule has 0 bridgehead atoms. The minimum Gasteiger partial charge on any atom is -0.469 e. The highest BCUT2D eigenvalue weighted by atomic mass is 35.5. The number of ether oxygens (including phenoxy) is 1. The third kappa shape index (κ3) is 3.20. The molecular formula is C9H12ClNO2S. The van der Waals surface area contributed by atoms with E-state index in [0.717, 1.165) is 9.34 Å². The van der Waals surface area contributed by atoms with Gasteiger partial charge in [0.05, 0.1) is 22.9 Å². The van der Waals surface area contributed by atoms with Gasteiger partial charge in [-0.05, 0) is 12.1 Å². The van der Waals surface area contributed by atoms with Crippen molar-refractivity contribution in [2.75, 3.05) is 25.6 Å². The van der Waals surface area contributed by atoms with Crippen molar-refractivity contribution in [2.24, 2.45) is 0 Å². The molecule has 0 unspecified atom stereocenters. The second kappa shape index (κ2) is 5.22. The molecule has 0 saturated heterocycles. The van der Waals surface area contributed by atoms with Gasteiger partial charge in [-0.25, -0.2) is 0 Å². The van der Waals surface area contributed by atoms with Crippen molar-refractivity contribution in [3.05, 3.63) is 16.5 Å². The summed E-state index contributed by atoms with van der Waals surface area (Å²) < 4.78 is 5.31. The zero-order valence-electron chi connectivity index (χ0n) is 8.12. The minimum absolute atomic E-state index is 0.195. The van der Waals surface area contributed by atoms with Crippen LogP contribution in [0.3, 0.4) is 0 Å². The van der Waals surface area contributed by atoms with E-state index in [1.54, 1.807) is 0 Å². The van der Waals surface area contributed by atoms with Gasteiger partial charge in [-0.3, -0.25) is 4.79 Å². The topological polar surface area (TPSA) is 29.5 Å². The Balaban J connectivity index is 2.42. The van der Waals surface area contributed by atoms with Crippen LogP contribution in [0.5, 0.6) is 0 Å². The summed E-state index contributed by atoms with van der Waals surface area (Å²) in [5, 5.41) is 1.05. The number of methoxy groups -OCH3 is 1. The summed E-state index contributed by atoms with van der Waals surface area (Å²) in [6.45, 7) is 0.642. The zero-order valence-corrected chi connectivity index (χ0v) is 9.69. The Kier molecular flexibility index (Phi) is 4.22. The van der Waals surface area contributed by atoms with E-state index in [-0.39, 0.29) is 5.97 Å². The van der Waals surface area contributed by atoms with Crippen molar-refractivity contribution in [1.82, 2.24) is 0 Å². The molecule has 1 aromatic rings. The van der Waals surface area contributed by atoms with E-state index in [0.29, 0.717) is 13.0 Å². The fraction of sp³-hybridized carbons (Fsp3) is 0.444. The molecule has 5 heteroatoms. The van der Waals surface area contributed by atoms with Crippen molar-refractivity contribution < 1.29 is 9.53 Å². The van der Waals surface area contributed by atoms with Gasteiger partial charge in [-0.15, -0.1) is 11.3 Å². The van der Waals surface area contributed by atoms with Crippen LogP contribution >= 0.6 is 22.9 Å². The molecule has 0 aliphatic heterocycles. The minimum atomic E-state index is -0.195. The van der Waals surface area contributed by atoms with Crippen LogP contribution in [-0.2, 0) is 9.53 Å². The van der Waals surface area contributed by atoms with Gasteiger partial charge in [-0.2, -0.15) is 0 Å². The molecule has 3 nitrogen and oxygen atoms in total. The quantitative estimate of drug-likeness (QED) is 0.748. The Morgan fingerprint density at radius 1 is 1.64 bits per heavy atom. The molecule has 1 aromatic heterocycles. The number of hydrogen-bond donors (Lipinski definition) is 0. The molecule has 0 fully saturated rings. The van der Waals surface area contributed by atoms with Gasteiger partial charge in [0, 0.05) is 13.6 Å². The Bertz CT molecular complexity index is 314. The third-order valence-electron chi connectivity index (χ3n) is 1.81. The smallest absolute Gasteiger partial charge is 0.307 e. The number of hydrogen-bond acceptors (Lipinski definition) is 4. The van der Waals surface area contributed by atoms with E-state index in [4.69, 9.17) is 11.6 Å². The lowest BCUT2D eigenvalue weighted by Crippen LogP contribution is -2.20. The largest absolute Gasteiger partial charge is 0.469 e. The summed E-state index contributed by atoms with van der Waals surface area (Å²) in [6.07, 6.45) is 0.391. The van der Waals surface area contributed by atoms with Crippen LogP contribution in [0.4, 0.5) is 5.00 Å². The fourth-order valence-electron chi connectivity index (χ4n) is 0.981. The lowest BCUT2D eigenvalue weighted by Gasteiger charge is -2.15. The number of carbonyl (C=O) groups excluding carboxylic acids is 1. The molecule has 0 atom stereocenters. The molecule has 0 aliphatic carbocycles. The maximum atomic E-state index is 10.9. The number of anilines is 1. The summed E-state index contributed by atoms with van der Waals surface area (Å²) in [7, 11) is 3.31. The van der Waals surface area contributed by atoms with Crippen LogP contribution in [0.25, 0.3) is 0 Å². The molecule has 78 valence electrons. The first-order valence-electron chi connectivity index (χ1n) is 4.17. The van der Waals surface area contributed by atoms with Crippen molar-refractivity contribution >= 4 is 33.9 Å². The SMILES string of the molecule is COC(=O)CCN(C)c1ccc(Cl)s1. The second-order valence-electron chi connectivity index (χ2n) is 2.83. The predicted octanol–water partition coefficient (Wildman–Crippen LogP) is 2.40. The van der Waals surface area contributed by atoms with Gasteiger partial charge in [0.25, 0.3) is 0 Å². The summed E-state index contributed by atoms with van der Waals surface area (Å²) >= 11 is 7.29. The number of carbonyl (C=O) groups is 1. The molecule has 0 aromatic carbocycles. The summed E-state index contributed by atoms with van der Waals surface area (Å²) in [4.78, 5) is 12.9. The lowest BCUT2D eigenvalue weighted by atomic mass is 10.4. The number of halogens is 1. The molecule has 0 amide bonds. The van der Waals surface area contributed by atoms with E-state index in [1.165, 1.54) is 18.4 Å². The van der Waals surface area contributed by atoms with Crippen LogP contribution in [0.1, 0.15) is 6.42 Å². The summed E-state index contributed by atoms with van der Waals surface area (Å²) in [5.41, 5.74) is 0. The Morgan fingerprint density at radius 2 is 2.36 bits per heavy atom. The van der Waals surface area contributed by atoms with Crippen LogP contribution in [0, 0.1) is 0 Å². The van der Waals surface area contributed by atoms with Crippen LogP contribution in [0.15, 0.2) is 12.1 Å². The highest BCUT2D eigenvalue weighted by molar-refractivity contribution is 7.19. The molecule has 1 rings (SSSR count). The summed E-state index contributed by atoms with van der Waals surface area (Å²) in [6, 6.07) is 3.78. The standard InChI is InChI=1S/C9H12ClNO2S/c1-11(6-5-9(12)13-2)8-4-3-7(10)14-8/h3-4H,5-6H2,1-2H3. The van der Waals surface area contributed by atoms with Crippen molar-refractivity contribution in [1.29, 1.82) is 0 Å². The van der Waals surface area contributed by atoms with Crippen LogP contribution in [-0.4, -0.2) is 26.7 Å². The lowest BCUT2D eigenvalue weighted by molar-refractivity contribution is -0.140. The molecule has 0 aliphatic rings. The van der Waals surface area contributed by atoms with E-state index < -0.39 is 0 Å². The molecule has 0 spiro atoms. The van der Waals surface area contributed by atoms with E-state index in [9.17, 15) is 4.79 Å². The van der Waals surface area contributed by atoms with E-state index >= 15 is 0 Å². The van der Waals surface area contributed by atoms with Gasteiger partial charge in [0.1, 0.15) is 0 Å². The maximum Gasteiger partial charge on any atom is 0.307 e. The molecular weight excluding hydrogens is 222 g/mol. The van der Waals surface area contributed by atoms with Crippen molar-refractivity contribution in [3.63, 3.8) is 0 Å². The Labute approximate surface area is 92.2 Å². The number of esters is 1. The van der Waals surface area contributed by atoms with Crippen molar-refractivity contribution in [3.8, 4) is 0 Å². The molecule has 14 heavy (non-hydrogen) atoms. The van der Waals surface area contributed by atoms with Gasteiger partial charge in [0.2, 0.25) is 0 Å². The molecule has 1 heterocycles.